The molecule has 0 saturated heterocycles. The van der Waals surface area contributed by atoms with Gasteiger partial charge < -0.3 is 0 Å². The molecule has 2 nitrogen and oxygen atoms in total. The highest BCUT2D eigenvalue weighted by atomic mass is 32.1. The van der Waals surface area contributed by atoms with E-state index in [1.807, 2.05) is 113 Å². The van der Waals surface area contributed by atoms with Crippen molar-refractivity contribution in [3.05, 3.63) is 189 Å². The second-order valence-corrected chi connectivity index (χ2v) is 40.8. The van der Waals surface area contributed by atoms with Gasteiger partial charge in [0.25, 0.3) is 0 Å². The number of unbranched alkanes of at least 4 members (excludes halogenated alkanes) is 8. The second-order valence-electron chi connectivity index (χ2n) is 28.3. The Balaban J connectivity index is 0.687. The monoisotopic (exact) mass is 1610 g/mol. The number of fused-ring (bicyclic) bond motifs is 3. The van der Waals surface area contributed by atoms with E-state index in [4.69, 9.17) is 9.97 Å². The third-order valence-electron chi connectivity index (χ3n) is 20.7. The lowest BCUT2D eigenvalue weighted by molar-refractivity contribution is 0.764. The SMILES string of the molecule is CCCCc1c(-c2cccs2)sc(-c2ccc(-c3ccc(-c4sc(-c5ccc(-c6cnc7c(ccc8cc(-c9ccc(-c%10sc(-c%11ccc(-c%12ccc(-c%13sc(-c%14cccs%14)c(CCCC)c%13CCCC)s%12)s%11)c(CCCC)c%10CCCC)s9)cnc87)c6)s5)c(CCCC)c4CCCC)s3)s2)c1CCCC. The molecule has 0 unspecified atom stereocenters. The molecule has 14 heteroatoms. The van der Waals surface area contributed by atoms with Gasteiger partial charge in [-0.3, -0.25) is 9.97 Å². The Morgan fingerprint density at radius 1 is 0.226 bits per heavy atom. The summed E-state index contributed by atoms with van der Waals surface area (Å²) in [5.74, 6) is 0. The van der Waals surface area contributed by atoms with Gasteiger partial charge in [0, 0.05) is 142 Å². The second kappa shape index (κ2) is 35.6. The third-order valence-corrected chi connectivity index (χ3v) is 36.0. The first-order valence-corrected chi connectivity index (χ1v) is 49.1. The highest BCUT2D eigenvalue weighted by molar-refractivity contribution is 7.32. The fourth-order valence-electron chi connectivity index (χ4n) is 15.0. The topological polar surface area (TPSA) is 25.8 Å². The van der Waals surface area contributed by atoms with Gasteiger partial charge in [-0.25, -0.2) is 0 Å². The molecule has 0 radical (unpaired) electrons. The fourth-order valence-corrected chi connectivity index (χ4v) is 29.4. The standard InChI is InChI=1S/C92H96N2S12/c1-9-17-27-61-63(29-19-11-3)89(103-85(61)75-35-25-51-95-75)79-47-41-71(99-79)73-43-49-81(101-73)91-67(33-23-15-7)65(31-21-13-5)87(105-91)77-45-39-69(97-77)59-53-57-37-38-58-54-60(56-94-84(58)83(57)93-55-59)70-40-46-78(98-70)88-66(32-22-14-6)68(34-24-16-8)92(106-88)82-50-44-74(102-82)72-42-48-80(100-72)90-64(30-20-12-4)62(28-18-10-2)86(104-90)76-36-26-52-96-76/h25-26,35-56H,9-24,27-34H2,1-8H3. The van der Waals surface area contributed by atoms with Crippen molar-refractivity contribution >= 4 is 158 Å². The molecule has 0 N–H and O–H groups in total. The molecule has 0 saturated carbocycles. The molecule has 106 heavy (non-hydrogen) atoms. The van der Waals surface area contributed by atoms with Crippen molar-refractivity contribution in [2.75, 3.05) is 0 Å². The van der Waals surface area contributed by atoms with Crippen LogP contribution in [0.25, 0.3) is 140 Å². The van der Waals surface area contributed by atoms with Crippen LogP contribution in [0.3, 0.4) is 0 Å². The minimum Gasteiger partial charge on any atom is -0.253 e. The van der Waals surface area contributed by atoms with Crippen LogP contribution in [-0.2, 0) is 51.4 Å². The molecule has 0 bridgehead atoms. The van der Waals surface area contributed by atoms with Crippen LogP contribution >= 0.6 is 136 Å². The van der Waals surface area contributed by atoms with E-state index < -0.39 is 0 Å². The quantitative estimate of drug-likeness (QED) is 0.0366. The predicted octanol–water partition coefficient (Wildman–Crippen LogP) is 34.3. The number of aromatic nitrogens is 2. The van der Waals surface area contributed by atoms with E-state index in [9.17, 15) is 0 Å². The number of pyridine rings is 2. The van der Waals surface area contributed by atoms with Crippen molar-refractivity contribution < 1.29 is 0 Å². The lowest BCUT2D eigenvalue weighted by Gasteiger charge is -2.08. The molecule has 14 aromatic heterocycles. The van der Waals surface area contributed by atoms with Crippen LogP contribution in [0.15, 0.2) is 144 Å². The van der Waals surface area contributed by atoms with Gasteiger partial charge in [0.2, 0.25) is 0 Å². The van der Waals surface area contributed by atoms with Gasteiger partial charge in [-0.15, -0.1) is 136 Å². The van der Waals surface area contributed by atoms with Gasteiger partial charge in [-0.1, -0.05) is 131 Å². The van der Waals surface area contributed by atoms with E-state index in [-0.39, 0.29) is 0 Å². The van der Waals surface area contributed by atoms with Crippen molar-refractivity contribution in [2.45, 2.75) is 209 Å². The van der Waals surface area contributed by atoms with Crippen molar-refractivity contribution in [1.29, 1.82) is 0 Å². The third kappa shape index (κ3) is 16.0. The summed E-state index contributed by atoms with van der Waals surface area (Å²) in [4.78, 5) is 41.8. The molecule has 15 aromatic rings. The molecule has 0 fully saturated rings. The van der Waals surface area contributed by atoms with Gasteiger partial charge in [0.15, 0.2) is 0 Å². The van der Waals surface area contributed by atoms with E-state index in [1.165, 1.54) is 223 Å². The fraction of sp³-hybridized carbons (Fsp3) is 0.348. The van der Waals surface area contributed by atoms with Crippen molar-refractivity contribution in [2.24, 2.45) is 0 Å². The lowest BCUT2D eigenvalue weighted by Crippen LogP contribution is -1.94. The first kappa shape index (κ1) is 75.8. The van der Waals surface area contributed by atoms with Crippen LogP contribution in [-0.4, -0.2) is 9.97 Å². The van der Waals surface area contributed by atoms with Crippen LogP contribution in [0.2, 0.25) is 0 Å². The zero-order chi connectivity index (χ0) is 72.6. The Morgan fingerprint density at radius 2 is 0.443 bits per heavy atom. The Labute approximate surface area is 677 Å². The normalized spacial score (nSPS) is 11.9. The van der Waals surface area contributed by atoms with Crippen molar-refractivity contribution in [1.82, 2.24) is 9.97 Å². The summed E-state index contributed by atoms with van der Waals surface area (Å²) < 4.78 is 0. The Bertz CT molecular complexity index is 5060. The highest BCUT2D eigenvalue weighted by Gasteiger charge is 2.29. The van der Waals surface area contributed by atoms with Crippen LogP contribution in [0.4, 0.5) is 0 Å². The van der Waals surface area contributed by atoms with E-state index in [0.717, 1.165) is 71.5 Å². The highest BCUT2D eigenvalue weighted by Crippen LogP contribution is 2.55. The number of rotatable bonds is 36. The summed E-state index contributed by atoms with van der Waals surface area (Å²) in [7, 11) is 0. The molecule has 0 aliphatic heterocycles. The minimum atomic E-state index is 0.959. The number of hydrogen-bond acceptors (Lipinski definition) is 14. The lowest BCUT2D eigenvalue weighted by atomic mass is 9.97. The molecule has 0 aliphatic rings. The van der Waals surface area contributed by atoms with Gasteiger partial charge in [0.1, 0.15) is 0 Å². The largest absolute Gasteiger partial charge is 0.253 e. The number of nitrogens with zero attached hydrogens (tertiary/aromatic N) is 2. The van der Waals surface area contributed by atoms with Crippen LogP contribution in [0.5, 0.6) is 0 Å². The van der Waals surface area contributed by atoms with Crippen molar-refractivity contribution in [3.63, 3.8) is 0 Å². The Hall–Kier alpha value is -5.56. The van der Waals surface area contributed by atoms with Gasteiger partial charge in [0.05, 0.1) is 11.0 Å². The Kier molecular flexibility index (Phi) is 25.5. The molecule has 0 aliphatic carbocycles. The summed E-state index contributed by atoms with van der Waals surface area (Å²) in [6, 6.07) is 47.2. The average Bonchev–Trinajstić information content (AvgIpc) is 1.79. The van der Waals surface area contributed by atoms with Gasteiger partial charge in [-0.05, 0) is 255 Å². The van der Waals surface area contributed by atoms with E-state index in [2.05, 4.69) is 223 Å². The maximum atomic E-state index is 5.26. The van der Waals surface area contributed by atoms with Gasteiger partial charge >= 0.3 is 0 Å². The molecule has 0 amide bonds. The molecule has 15 rings (SSSR count). The summed E-state index contributed by atoms with van der Waals surface area (Å²) in [6.07, 6.45) is 32.6. The average molecular weight is 1610 g/mol. The number of thiophene rings is 12. The first-order valence-electron chi connectivity index (χ1n) is 39.2. The van der Waals surface area contributed by atoms with Crippen LogP contribution in [0.1, 0.15) is 203 Å². The molecular weight excluding hydrogens is 1520 g/mol. The molecule has 0 atom stereocenters. The first-order chi connectivity index (χ1) is 52.2. The zero-order valence-electron chi connectivity index (χ0n) is 62.6. The maximum absolute atomic E-state index is 5.26. The molecular formula is C92H96N2S12. The minimum absolute atomic E-state index is 0.959. The summed E-state index contributed by atoms with van der Waals surface area (Å²) >= 11 is 23.9. The molecule has 546 valence electrons. The maximum Gasteiger partial charge on any atom is 0.0965 e. The van der Waals surface area contributed by atoms with E-state index >= 15 is 0 Å². The van der Waals surface area contributed by atoms with Crippen LogP contribution < -0.4 is 0 Å². The zero-order valence-corrected chi connectivity index (χ0v) is 72.4. The van der Waals surface area contributed by atoms with E-state index in [1.54, 1.807) is 44.5 Å². The predicted molar refractivity (Wildman–Crippen MR) is 486 cm³/mol. The number of hydrogen-bond donors (Lipinski definition) is 0. The number of benzene rings is 1. The Morgan fingerprint density at radius 3 is 0.670 bits per heavy atom. The smallest absolute Gasteiger partial charge is 0.0965 e. The molecule has 14 heterocycles. The van der Waals surface area contributed by atoms with Crippen LogP contribution in [0, 0.1) is 0 Å². The summed E-state index contributed by atoms with van der Waals surface area (Å²) in [5, 5.41) is 6.74. The van der Waals surface area contributed by atoms with Gasteiger partial charge in [-0.2, -0.15) is 0 Å². The summed E-state index contributed by atoms with van der Waals surface area (Å²) in [6.45, 7) is 18.7. The van der Waals surface area contributed by atoms with Crippen molar-refractivity contribution in [3.8, 4) is 118 Å². The van der Waals surface area contributed by atoms with E-state index in [0.29, 0.717) is 0 Å². The summed E-state index contributed by atoms with van der Waals surface area (Å²) in [5.41, 5.74) is 17.0. The molecule has 1 aromatic carbocycles. The molecule has 0 spiro atoms.